The fourth-order valence-electron chi connectivity index (χ4n) is 2.39. The molecule has 140 valence electrons. The number of benzene rings is 1. The van der Waals surface area contributed by atoms with Crippen LogP contribution in [0.5, 0.6) is 0 Å². The second kappa shape index (κ2) is 9.42. The van der Waals surface area contributed by atoms with Crippen molar-refractivity contribution in [2.24, 2.45) is 5.92 Å². The van der Waals surface area contributed by atoms with Gasteiger partial charge in [0.15, 0.2) is 0 Å². The van der Waals surface area contributed by atoms with E-state index in [9.17, 15) is 9.59 Å². The Morgan fingerprint density at radius 3 is 2.20 bits per heavy atom. The van der Waals surface area contributed by atoms with E-state index in [4.69, 9.17) is 9.47 Å². The maximum atomic E-state index is 12.3. The number of alkyl carbamates (subject to hydrolysis) is 1. The lowest BCUT2D eigenvalue weighted by Crippen LogP contribution is -2.57. The summed E-state index contributed by atoms with van der Waals surface area (Å²) >= 11 is 0. The monoisotopic (exact) mass is 350 g/mol. The summed E-state index contributed by atoms with van der Waals surface area (Å²) in [6, 6.07) is 8.58. The zero-order chi connectivity index (χ0) is 19.0. The van der Waals surface area contributed by atoms with Gasteiger partial charge in [-0.15, -0.1) is 0 Å². The molecule has 0 spiro atoms. The van der Waals surface area contributed by atoms with Gasteiger partial charge in [0.1, 0.15) is 11.6 Å². The van der Waals surface area contributed by atoms with Crippen molar-refractivity contribution >= 4 is 12.1 Å². The second-order valence-electron chi connectivity index (χ2n) is 7.28. The largest absolute Gasteiger partial charge is 0.468 e. The Kier molecular flexibility index (Phi) is 7.90. The van der Waals surface area contributed by atoms with Crippen molar-refractivity contribution in [1.82, 2.24) is 10.6 Å². The molecule has 1 aromatic rings. The summed E-state index contributed by atoms with van der Waals surface area (Å²) in [5.41, 5.74) is 0.431. The lowest BCUT2D eigenvalue weighted by Gasteiger charge is -2.31. The Morgan fingerprint density at radius 1 is 1.12 bits per heavy atom. The summed E-state index contributed by atoms with van der Waals surface area (Å²) in [5.74, 6) is -0.425. The van der Waals surface area contributed by atoms with Gasteiger partial charge in [-0.05, 0) is 32.3 Å². The molecule has 0 aliphatic heterocycles. The Bertz CT molecular complexity index is 552. The number of nitrogens with one attached hydrogen (secondary N) is 2. The number of carbonyl (C=O) groups excluding carboxylic acids is 2. The van der Waals surface area contributed by atoms with Crippen LogP contribution in [-0.2, 0) is 20.8 Å². The molecule has 6 nitrogen and oxygen atoms in total. The van der Waals surface area contributed by atoms with Crippen LogP contribution in [0, 0.1) is 5.92 Å². The SMILES string of the molecule is COC(=O)[C@H](NCc1ccccc1)[C@@H](NC(=O)OC(C)(C)C)C(C)C. The first-order chi connectivity index (χ1) is 11.6. The molecule has 0 fully saturated rings. The molecule has 0 aromatic heterocycles. The zero-order valence-corrected chi connectivity index (χ0v) is 16.0. The Labute approximate surface area is 150 Å². The molecular formula is C19H30N2O4. The van der Waals surface area contributed by atoms with Crippen molar-refractivity contribution in [3.63, 3.8) is 0 Å². The molecule has 0 saturated carbocycles. The summed E-state index contributed by atoms with van der Waals surface area (Å²) in [4.78, 5) is 24.4. The number of hydrogen-bond acceptors (Lipinski definition) is 5. The van der Waals surface area contributed by atoms with Crippen molar-refractivity contribution < 1.29 is 19.1 Å². The van der Waals surface area contributed by atoms with Crippen LogP contribution in [0.2, 0.25) is 0 Å². The number of hydrogen-bond donors (Lipinski definition) is 2. The Hall–Kier alpha value is -2.08. The van der Waals surface area contributed by atoms with Crippen LogP contribution >= 0.6 is 0 Å². The average molecular weight is 350 g/mol. The van der Waals surface area contributed by atoms with E-state index in [1.54, 1.807) is 20.8 Å². The van der Waals surface area contributed by atoms with Crippen molar-refractivity contribution in [2.75, 3.05) is 7.11 Å². The minimum atomic E-state index is -0.683. The van der Waals surface area contributed by atoms with Crippen molar-refractivity contribution in [1.29, 1.82) is 0 Å². The van der Waals surface area contributed by atoms with Gasteiger partial charge >= 0.3 is 12.1 Å². The minimum absolute atomic E-state index is 0.000100. The van der Waals surface area contributed by atoms with Gasteiger partial charge in [0.05, 0.1) is 13.2 Å². The Balaban J connectivity index is 2.87. The highest BCUT2D eigenvalue weighted by Gasteiger charge is 2.33. The molecule has 1 rings (SSSR count). The number of ether oxygens (including phenoxy) is 2. The van der Waals surface area contributed by atoms with E-state index >= 15 is 0 Å². The van der Waals surface area contributed by atoms with Crippen LogP contribution in [0.25, 0.3) is 0 Å². The van der Waals surface area contributed by atoms with Crippen molar-refractivity contribution in [2.45, 2.75) is 58.8 Å². The molecule has 25 heavy (non-hydrogen) atoms. The first-order valence-electron chi connectivity index (χ1n) is 8.48. The van der Waals surface area contributed by atoms with Crippen molar-refractivity contribution in [3.8, 4) is 0 Å². The molecular weight excluding hydrogens is 320 g/mol. The van der Waals surface area contributed by atoms with Crippen LogP contribution in [0.3, 0.4) is 0 Å². The van der Waals surface area contributed by atoms with E-state index in [0.29, 0.717) is 6.54 Å². The molecule has 1 aromatic carbocycles. The van der Waals surface area contributed by atoms with Crippen LogP contribution in [-0.4, -0.2) is 36.9 Å². The quantitative estimate of drug-likeness (QED) is 0.740. The van der Waals surface area contributed by atoms with Gasteiger partial charge in [-0.1, -0.05) is 44.2 Å². The van der Waals surface area contributed by atoms with Crippen LogP contribution in [0.4, 0.5) is 4.79 Å². The van der Waals surface area contributed by atoms with Gasteiger partial charge in [0.25, 0.3) is 0 Å². The van der Waals surface area contributed by atoms with Crippen LogP contribution in [0.15, 0.2) is 30.3 Å². The molecule has 6 heteroatoms. The first-order valence-corrected chi connectivity index (χ1v) is 8.48. The maximum Gasteiger partial charge on any atom is 0.407 e. The van der Waals surface area contributed by atoms with E-state index in [1.165, 1.54) is 7.11 Å². The zero-order valence-electron chi connectivity index (χ0n) is 16.0. The predicted molar refractivity (Wildman–Crippen MR) is 97.1 cm³/mol. The normalized spacial score (nSPS) is 13.9. The topological polar surface area (TPSA) is 76.7 Å². The standard InChI is InChI=1S/C19H30N2O4/c1-13(2)15(21-18(23)25-19(3,4)5)16(17(22)24-6)20-12-14-10-8-7-9-11-14/h7-11,13,15-16,20H,12H2,1-6H3,(H,21,23)/t15-,16+/m0/s1. The second-order valence-corrected chi connectivity index (χ2v) is 7.28. The molecule has 0 aliphatic rings. The van der Waals surface area contributed by atoms with E-state index in [-0.39, 0.29) is 5.92 Å². The number of esters is 1. The predicted octanol–water partition coefficient (Wildman–Crippen LogP) is 2.87. The first kappa shape index (κ1) is 21.0. The summed E-state index contributed by atoms with van der Waals surface area (Å²) in [6.45, 7) is 9.73. The molecule has 0 unspecified atom stereocenters. The van der Waals surface area contributed by atoms with Crippen molar-refractivity contribution in [3.05, 3.63) is 35.9 Å². The molecule has 0 bridgehead atoms. The van der Waals surface area contributed by atoms with E-state index in [1.807, 2.05) is 44.2 Å². The maximum absolute atomic E-state index is 12.3. The highest BCUT2D eigenvalue weighted by atomic mass is 16.6. The van der Waals surface area contributed by atoms with Gasteiger partial charge in [0.2, 0.25) is 0 Å². The molecule has 0 aliphatic carbocycles. The van der Waals surface area contributed by atoms with Gasteiger partial charge in [-0.25, -0.2) is 4.79 Å². The van der Waals surface area contributed by atoms with Gasteiger partial charge in [-0.2, -0.15) is 0 Å². The summed E-state index contributed by atoms with van der Waals surface area (Å²) in [6.07, 6.45) is -0.554. The van der Waals surface area contributed by atoms with E-state index < -0.39 is 29.7 Å². The van der Waals surface area contributed by atoms with Gasteiger partial charge in [-0.3, -0.25) is 10.1 Å². The molecule has 0 heterocycles. The lowest BCUT2D eigenvalue weighted by molar-refractivity contribution is -0.144. The van der Waals surface area contributed by atoms with Gasteiger partial charge < -0.3 is 14.8 Å². The molecule has 2 atom stereocenters. The third kappa shape index (κ3) is 7.56. The minimum Gasteiger partial charge on any atom is -0.468 e. The number of methoxy groups -OCH3 is 1. The third-order valence-corrected chi connectivity index (χ3v) is 3.58. The Morgan fingerprint density at radius 2 is 1.72 bits per heavy atom. The summed E-state index contributed by atoms with van der Waals surface area (Å²) < 4.78 is 10.2. The molecule has 1 amide bonds. The highest BCUT2D eigenvalue weighted by Crippen LogP contribution is 2.13. The molecule has 0 radical (unpaired) electrons. The number of rotatable bonds is 7. The average Bonchev–Trinajstić information content (AvgIpc) is 2.52. The van der Waals surface area contributed by atoms with E-state index in [2.05, 4.69) is 10.6 Å². The number of amides is 1. The summed E-state index contributed by atoms with van der Waals surface area (Å²) in [7, 11) is 1.34. The fourth-order valence-corrected chi connectivity index (χ4v) is 2.39. The van der Waals surface area contributed by atoms with Crippen LogP contribution < -0.4 is 10.6 Å². The molecule has 0 saturated heterocycles. The summed E-state index contributed by atoms with van der Waals surface area (Å²) in [5, 5.41) is 5.99. The lowest BCUT2D eigenvalue weighted by atomic mass is 9.96. The molecule has 2 N–H and O–H groups in total. The smallest absolute Gasteiger partial charge is 0.407 e. The number of carbonyl (C=O) groups is 2. The van der Waals surface area contributed by atoms with E-state index in [0.717, 1.165) is 5.56 Å². The third-order valence-electron chi connectivity index (χ3n) is 3.58. The highest BCUT2D eigenvalue weighted by molar-refractivity contribution is 5.78. The van der Waals surface area contributed by atoms with Gasteiger partial charge in [0, 0.05) is 6.54 Å². The fraction of sp³-hybridized carbons (Fsp3) is 0.579. The van der Waals surface area contributed by atoms with Crippen LogP contribution in [0.1, 0.15) is 40.2 Å².